The largest absolute Gasteiger partial charge is 0.491 e. The molecule has 2 atom stereocenters. The first-order valence-corrected chi connectivity index (χ1v) is 8.42. The number of carbonyl (C=O) groups is 1. The Hall–Kier alpha value is -2.31. The lowest BCUT2D eigenvalue weighted by molar-refractivity contribution is -0.898. The van der Waals surface area contributed by atoms with Crippen LogP contribution in [0.2, 0.25) is 0 Å². The highest BCUT2D eigenvalue weighted by Crippen LogP contribution is 2.14. The van der Waals surface area contributed by atoms with Gasteiger partial charge in [0.15, 0.2) is 5.76 Å². The third-order valence-corrected chi connectivity index (χ3v) is 3.64. The number of esters is 1. The van der Waals surface area contributed by atoms with E-state index in [1.807, 2.05) is 26.1 Å². The van der Waals surface area contributed by atoms with Gasteiger partial charge < -0.3 is 23.9 Å². The Balaban J connectivity index is 1.80. The summed E-state index contributed by atoms with van der Waals surface area (Å²) in [6, 6.07) is 10.6. The molecule has 0 aliphatic rings. The van der Waals surface area contributed by atoms with Crippen molar-refractivity contribution >= 4 is 5.97 Å². The van der Waals surface area contributed by atoms with Gasteiger partial charge in [-0.1, -0.05) is 6.07 Å². The average molecular weight is 348 g/mol. The molecule has 25 heavy (non-hydrogen) atoms. The fourth-order valence-corrected chi connectivity index (χ4v) is 2.53. The number of aryl methyl sites for hydroxylation is 1. The Kier molecular flexibility index (Phi) is 7.03. The van der Waals surface area contributed by atoms with E-state index in [9.17, 15) is 9.90 Å². The summed E-state index contributed by atoms with van der Waals surface area (Å²) in [5.74, 6) is 1.92. The molecule has 136 valence electrons. The van der Waals surface area contributed by atoms with Crippen LogP contribution in [-0.4, -0.2) is 44.0 Å². The summed E-state index contributed by atoms with van der Waals surface area (Å²) in [6.45, 7) is 5.37. The maximum atomic E-state index is 11.7. The number of quaternary nitrogens is 1. The highest BCUT2D eigenvalue weighted by Gasteiger charge is 2.15. The van der Waals surface area contributed by atoms with Gasteiger partial charge in [0.25, 0.3) is 0 Å². The van der Waals surface area contributed by atoms with Gasteiger partial charge in [0.05, 0.1) is 19.2 Å². The predicted octanol–water partition coefficient (Wildman–Crippen LogP) is 1.22. The molecule has 6 heteroatoms. The Morgan fingerprint density at radius 3 is 2.80 bits per heavy atom. The molecule has 1 aromatic carbocycles. The van der Waals surface area contributed by atoms with E-state index in [0.29, 0.717) is 31.0 Å². The van der Waals surface area contributed by atoms with Crippen LogP contribution < -0.4 is 9.64 Å². The number of aliphatic hydroxyl groups is 1. The molecular weight excluding hydrogens is 322 g/mol. The van der Waals surface area contributed by atoms with Gasteiger partial charge in [-0.2, -0.15) is 0 Å². The van der Waals surface area contributed by atoms with Crippen LogP contribution in [0, 0.1) is 6.92 Å². The number of ether oxygens (including phenoxy) is 2. The van der Waals surface area contributed by atoms with Crippen LogP contribution in [0.1, 0.15) is 28.8 Å². The lowest BCUT2D eigenvalue weighted by Crippen LogP contribution is -3.08. The van der Waals surface area contributed by atoms with Gasteiger partial charge in [0.2, 0.25) is 0 Å². The number of likely N-dealkylation sites (N-methyl/N-ethyl adjacent to an activating group) is 1. The van der Waals surface area contributed by atoms with Crippen LogP contribution in [0.25, 0.3) is 0 Å². The predicted molar refractivity (Wildman–Crippen MR) is 92.8 cm³/mol. The maximum Gasteiger partial charge on any atom is 0.338 e. The molecule has 0 aliphatic carbocycles. The van der Waals surface area contributed by atoms with E-state index in [2.05, 4.69) is 0 Å². The normalized spacial score (nSPS) is 13.3. The van der Waals surface area contributed by atoms with E-state index in [-0.39, 0.29) is 12.6 Å². The summed E-state index contributed by atoms with van der Waals surface area (Å²) in [4.78, 5) is 12.8. The van der Waals surface area contributed by atoms with Crippen LogP contribution >= 0.6 is 0 Å². The van der Waals surface area contributed by atoms with Crippen molar-refractivity contribution in [1.82, 2.24) is 0 Å². The number of benzene rings is 1. The molecule has 6 nitrogen and oxygen atoms in total. The van der Waals surface area contributed by atoms with Gasteiger partial charge in [-0.3, -0.25) is 0 Å². The summed E-state index contributed by atoms with van der Waals surface area (Å²) >= 11 is 0. The summed E-state index contributed by atoms with van der Waals surface area (Å²) < 4.78 is 16.1. The highest BCUT2D eigenvalue weighted by atomic mass is 16.5. The molecule has 0 fully saturated rings. The van der Waals surface area contributed by atoms with Crippen LogP contribution in [0.3, 0.4) is 0 Å². The SMILES string of the molecule is CCOC(=O)c1cccc(OC[C@@H](O)C[NH+](C)Cc2ccc(C)o2)c1. The van der Waals surface area contributed by atoms with E-state index in [0.717, 1.165) is 16.4 Å². The quantitative estimate of drug-likeness (QED) is 0.667. The third-order valence-electron chi connectivity index (χ3n) is 3.64. The van der Waals surface area contributed by atoms with E-state index < -0.39 is 6.10 Å². The molecule has 0 saturated carbocycles. The minimum absolute atomic E-state index is 0.154. The lowest BCUT2D eigenvalue weighted by Gasteiger charge is -2.17. The second-order valence-electron chi connectivity index (χ2n) is 6.06. The Morgan fingerprint density at radius 2 is 2.12 bits per heavy atom. The number of nitrogens with one attached hydrogen (secondary N) is 1. The summed E-state index contributed by atoms with van der Waals surface area (Å²) in [7, 11) is 1.99. The first-order chi connectivity index (χ1) is 12.0. The van der Waals surface area contributed by atoms with Crippen LogP contribution in [0.15, 0.2) is 40.8 Å². The molecule has 0 radical (unpaired) electrons. The lowest BCUT2D eigenvalue weighted by atomic mass is 10.2. The molecule has 0 aliphatic heterocycles. The highest BCUT2D eigenvalue weighted by molar-refractivity contribution is 5.89. The first-order valence-electron chi connectivity index (χ1n) is 8.42. The van der Waals surface area contributed by atoms with Crippen LogP contribution in [-0.2, 0) is 11.3 Å². The monoisotopic (exact) mass is 348 g/mol. The minimum atomic E-state index is -0.623. The molecule has 2 aromatic rings. The number of carbonyl (C=O) groups excluding carboxylic acids is 1. The Labute approximate surface area is 148 Å². The zero-order valence-electron chi connectivity index (χ0n) is 15.0. The summed E-state index contributed by atoms with van der Waals surface area (Å²) in [5, 5.41) is 10.2. The average Bonchev–Trinajstić information content (AvgIpc) is 2.98. The molecule has 2 rings (SSSR count). The van der Waals surface area contributed by atoms with E-state index in [1.54, 1.807) is 31.2 Å². The van der Waals surface area contributed by atoms with Crippen LogP contribution in [0.5, 0.6) is 5.75 Å². The Morgan fingerprint density at radius 1 is 1.32 bits per heavy atom. The van der Waals surface area contributed by atoms with Crippen molar-refractivity contribution in [2.45, 2.75) is 26.5 Å². The van der Waals surface area contributed by atoms with E-state index in [1.165, 1.54) is 0 Å². The van der Waals surface area contributed by atoms with Crippen LogP contribution in [0.4, 0.5) is 0 Å². The molecule has 0 spiro atoms. The fraction of sp³-hybridized carbons (Fsp3) is 0.421. The van der Waals surface area contributed by atoms with Crippen molar-refractivity contribution in [3.05, 3.63) is 53.5 Å². The van der Waals surface area contributed by atoms with Crippen molar-refractivity contribution in [1.29, 1.82) is 0 Å². The van der Waals surface area contributed by atoms with Gasteiger partial charge >= 0.3 is 5.97 Å². The number of hydrogen-bond acceptors (Lipinski definition) is 5. The second kappa shape index (κ2) is 9.25. The number of hydrogen-bond donors (Lipinski definition) is 2. The standard InChI is InChI=1S/C19H25NO5/c1-4-23-19(22)15-6-5-7-17(10-15)24-13-16(21)11-20(3)12-18-9-8-14(2)25-18/h5-10,16,21H,4,11-13H2,1-3H3/p+1/t16-/m0/s1. The molecule has 1 unspecified atom stereocenters. The van der Waals surface area contributed by atoms with Gasteiger partial charge in [-0.25, -0.2) is 4.79 Å². The van der Waals surface area contributed by atoms with Crippen molar-refractivity contribution in [2.75, 3.05) is 26.8 Å². The summed E-state index contributed by atoms with van der Waals surface area (Å²) in [6.07, 6.45) is -0.623. The smallest absolute Gasteiger partial charge is 0.338 e. The van der Waals surface area contributed by atoms with Crippen molar-refractivity contribution < 1.29 is 28.7 Å². The number of rotatable bonds is 9. The molecule has 1 aromatic heterocycles. The molecule has 2 N–H and O–H groups in total. The molecule has 0 bridgehead atoms. The molecular formula is C19H26NO5+. The first kappa shape index (κ1) is 19.0. The van der Waals surface area contributed by atoms with Gasteiger partial charge in [0.1, 0.15) is 37.3 Å². The minimum Gasteiger partial charge on any atom is -0.491 e. The van der Waals surface area contributed by atoms with Gasteiger partial charge in [-0.05, 0) is 44.2 Å². The topological polar surface area (TPSA) is 73.3 Å². The fourth-order valence-electron chi connectivity index (χ4n) is 2.53. The number of aliphatic hydroxyl groups excluding tert-OH is 1. The van der Waals surface area contributed by atoms with E-state index >= 15 is 0 Å². The number of furan rings is 1. The zero-order valence-corrected chi connectivity index (χ0v) is 15.0. The molecule has 0 amide bonds. The van der Waals surface area contributed by atoms with Crippen molar-refractivity contribution in [3.8, 4) is 5.75 Å². The summed E-state index contributed by atoms with van der Waals surface area (Å²) in [5.41, 5.74) is 0.435. The second-order valence-corrected chi connectivity index (χ2v) is 6.06. The third kappa shape index (κ3) is 6.25. The molecule has 0 saturated heterocycles. The van der Waals surface area contributed by atoms with Gasteiger partial charge in [-0.15, -0.1) is 0 Å². The van der Waals surface area contributed by atoms with Crippen molar-refractivity contribution in [3.63, 3.8) is 0 Å². The van der Waals surface area contributed by atoms with Gasteiger partial charge in [0, 0.05) is 0 Å². The van der Waals surface area contributed by atoms with E-state index in [4.69, 9.17) is 13.9 Å². The zero-order chi connectivity index (χ0) is 18.2. The maximum absolute atomic E-state index is 11.7. The Bertz CT molecular complexity index is 682. The van der Waals surface area contributed by atoms with Crippen molar-refractivity contribution in [2.24, 2.45) is 0 Å². The molecule has 1 heterocycles.